The van der Waals surface area contributed by atoms with E-state index in [1.165, 1.54) is 41.8 Å². The van der Waals surface area contributed by atoms with Gasteiger partial charge in [-0.25, -0.2) is 5.48 Å². The highest BCUT2D eigenvalue weighted by molar-refractivity contribution is 5.94. The molecule has 0 atom stereocenters. The third kappa shape index (κ3) is 8.49. The molecule has 0 bridgehead atoms. The van der Waals surface area contributed by atoms with E-state index in [0.29, 0.717) is 24.1 Å². The molecule has 0 aliphatic rings. The van der Waals surface area contributed by atoms with Crippen LogP contribution in [-0.4, -0.2) is 65.2 Å². The average molecular weight is 599 g/mol. The summed E-state index contributed by atoms with van der Waals surface area (Å²) in [4.78, 5) is 42.2. The first-order chi connectivity index (χ1) is 21.3. The zero-order chi connectivity index (χ0) is 31.5. The third-order valence-electron chi connectivity index (χ3n) is 6.85. The van der Waals surface area contributed by atoms with Crippen molar-refractivity contribution in [3.8, 4) is 17.2 Å². The van der Waals surface area contributed by atoms with Crippen molar-refractivity contribution in [3.63, 3.8) is 0 Å². The molecule has 44 heavy (non-hydrogen) atoms. The second-order valence-electron chi connectivity index (χ2n) is 9.84. The second kappa shape index (κ2) is 15.1. The molecule has 0 saturated heterocycles. The van der Waals surface area contributed by atoms with Gasteiger partial charge in [0.15, 0.2) is 11.5 Å². The average Bonchev–Trinajstić information content (AvgIpc) is 3.45. The number of carbonyl (C=O) groups is 3. The Bertz CT molecular complexity index is 1680. The standard InChI is InChI=1S/C33H34N4O7/c1-43-26-10-11-28-27(18-26)25(19-35-28)15-16-34-32(40)21-37(20-24-5-3-22(4-6-24)8-13-31(39)36-42)33(41)14-9-23-7-12-29(38)30(17-23)44-2/h3-14,17-19,35,38,42H,15-16,20-21H2,1-2H3,(H,34,40)(H,36,39)/b13-8+,14-9+. The van der Waals surface area contributed by atoms with Crippen LogP contribution >= 0.6 is 0 Å². The molecule has 0 saturated carbocycles. The Morgan fingerprint density at radius 2 is 1.68 bits per heavy atom. The fourth-order valence-corrected chi connectivity index (χ4v) is 4.50. The molecule has 1 heterocycles. The van der Waals surface area contributed by atoms with Gasteiger partial charge in [-0.1, -0.05) is 30.3 Å². The number of hydroxylamine groups is 1. The number of phenols is 1. The van der Waals surface area contributed by atoms with Gasteiger partial charge in [-0.2, -0.15) is 0 Å². The Kier molecular flexibility index (Phi) is 10.8. The minimum absolute atomic E-state index is 0.0173. The van der Waals surface area contributed by atoms with Crippen LogP contribution in [0.4, 0.5) is 0 Å². The number of amides is 3. The van der Waals surface area contributed by atoms with Crippen molar-refractivity contribution in [1.82, 2.24) is 20.7 Å². The van der Waals surface area contributed by atoms with Crippen LogP contribution in [0.2, 0.25) is 0 Å². The Hall–Kier alpha value is -5.55. The molecule has 11 nitrogen and oxygen atoms in total. The van der Waals surface area contributed by atoms with E-state index in [-0.39, 0.29) is 36.4 Å². The number of hydrogen-bond acceptors (Lipinski definition) is 7. The first kappa shape index (κ1) is 31.4. The topological polar surface area (TPSA) is 153 Å². The van der Waals surface area contributed by atoms with Crippen LogP contribution in [0.5, 0.6) is 17.2 Å². The molecule has 4 aromatic rings. The Morgan fingerprint density at radius 1 is 0.932 bits per heavy atom. The fraction of sp³-hybridized carbons (Fsp3) is 0.182. The maximum absolute atomic E-state index is 13.3. The lowest BCUT2D eigenvalue weighted by Crippen LogP contribution is -2.40. The number of phenolic OH excluding ortho intramolecular Hbond substituents is 1. The molecule has 5 N–H and O–H groups in total. The number of H-pyrrole nitrogens is 1. The molecule has 0 radical (unpaired) electrons. The highest BCUT2D eigenvalue weighted by Gasteiger charge is 2.16. The van der Waals surface area contributed by atoms with Crippen molar-refractivity contribution in [3.05, 3.63) is 101 Å². The third-order valence-corrected chi connectivity index (χ3v) is 6.85. The number of rotatable bonds is 13. The minimum Gasteiger partial charge on any atom is -0.504 e. The molecular weight excluding hydrogens is 564 g/mol. The summed E-state index contributed by atoms with van der Waals surface area (Å²) in [6.07, 6.45) is 8.15. The van der Waals surface area contributed by atoms with Gasteiger partial charge in [0.2, 0.25) is 11.8 Å². The normalized spacial score (nSPS) is 11.2. The van der Waals surface area contributed by atoms with E-state index in [9.17, 15) is 19.5 Å². The summed E-state index contributed by atoms with van der Waals surface area (Å²) in [5.41, 5.74) is 5.65. The van der Waals surface area contributed by atoms with Crippen LogP contribution < -0.4 is 20.3 Å². The molecular formula is C33H34N4O7. The van der Waals surface area contributed by atoms with Crippen molar-refractivity contribution < 1.29 is 34.2 Å². The fourth-order valence-electron chi connectivity index (χ4n) is 4.50. The number of benzene rings is 3. The van der Waals surface area contributed by atoms with Crippen molar-refractivity contribution >= 4 is 40.8 Å². The summed E-state index contributed by atoms with van der Waals surface area (Å²) >= 11 is 0. The molecule has 0 aliphatic heterocycles. The van der Waals surface area contributed by atoms with Gasteiger partial charge < -0.3 is 29.8 Å². The van der Waals surface area contributed by atoms with E-state index in [2.05, 4.69) is 10.3 Å². The second-order valence-corrected chi connectivity index (χ2v) is 9.84. The van der Waals surface area contributed by atoms with Crippen molar-refractivity contribution in [1.29, 1.82) is 0 Å². The van der Waals surface area contributed by atoms with Crippen molar-refractivity contribution in [2.45, 2.75) is 13.0 Å². The number of nitrogens with one attached hydrogen (secondary N) is 3. The van der Waals surface area contributed by atoms with E-state index in [0.717, 1.165) is 27.8 Å². The number of aromatic amines is 1. The summed E-state index contributed by atoms with van der Waals surface area (Å²) in [6, 6.07) is 17.6. The maximum atomic E-state index is 13.3. The highest BCUT2D eigenvalue weighted by Crippen LogP contribution is 2.27. The van der Waals surface area contributed by atoms with Crippen LogP contribution in [0.15, 0.2) is 79.0 Å². The molecule has 1 aromatic heterocycles. The lowest BCUT2D eigenvalue weighted by molar-refractivity contribution is -0.132. The first-order valence-corrected chi connectivity index (χ1v) is 13.8. The number of hydrogen-bond donors (Lipinski definition) is 5. The molecule has 4 rings (SSSR count). The van der Waals surface area contributed by atoms with Crippen LogP contribution in [-0.2, 0) is 27.3 Å². The van der Waals surface area contributed by atoms with Gasteiger partial charge in [0.05, 0.1) is 14.2 Å². The molecule has 0 fully saturated rings. The van der Waals surface area contributed by atoms with Crippen molar-refractivity contribution in [2.24, 2.45) is 0 Å². The number of methoxy groups -OCH3 is 2. The van der Waals surface area contributed by atoms with Gasteiger partial charge in [-0.05, 0) is 71.2 Å². The van der Waals surface area contributed by atoms with E-state index in [4.69, 9.17) is 14.7 Å². The van der Waals surface area contributed by atoms with Crippen LogP contribution in [0, 0.1) is 0 Å². The van der Waals surface area contributed by atoms with Crippen molar-refractivity contribution in [2.75, 3.05) is 27.3 Å². The van der Waals surface area contributed by atoms with Crippen LogP contribution in [0.1, 0.15) is 22.3 Å². The van der Waals surface area contributed by atoms with Gasteiger partial charge in [0.25, 0.3) is 5.91 Å². The summed E-state index contributed by atoms with van der Waals surface area (Å²) < 4.78 is 10.5. The Balaban J connectivity index is 1.44. The molecule has 0 aliphatic carbocycles. The zero-order valence-electron chi connectivity index (χ0n) is 24.4. The quantitative estimate of drug-likeness (QED) is 0.0891. The number of carbonyl (C=O) groups excluding carboxylic acids is 3. The monoisotopic (exact) mass is 598 g/mol. The number of aromatic nitrogens is 1. The first-order valence-electron chi connectivity index (χ1n) is 13.8. The van der Waals surface area contributed by atoms with Crippen LogP contribution in [0.25, 0.3) is 23.1 Å². The summed E-state index contributed by atoms with van der Waals surface area (Å²) in [5.74, 6) is -0.356. The largest absolute Gasteiger partial charge is 0.504 e. The van der Waals surface area contributed by atoms with Gasteiger partial charge in [-0.3, -0.25) is 19.6 Å². The highest BCUT2D eigenvalue weighted by atomic mass is 16.5. The van der Waals surface area contributed by atoms with Gasteiger partial charge in [0, 0.05) is 42.3 Å². The Labute approximate surface area is 254 Å². The molecule has 0 unspecified atom stereocenters. The number of ether oxygens (including phenoxy) is 2. The molecule has 3 amide bonds. The lowest BCUT2D eigenvalue weighted by Gasteiger charge is -2.21. The van der Waals surface area contributed by atoms with E-state index < -0.39 is 5.91 Å². The van der Waals surface area contributed by atoms with E-state index in [1.54, 1.807) is 49.6 Å². The summed E-state index contributed by atoms with van der Waals surface area (Å²) in [5, 5.41) is 22.4. The number of fused-ring (bicyclic) bond motifs is 1. The molecule has 11 heteroatoms. The minimum atomic E-state index is -0.653. The zero-order valence-corrected chi connectivity index (χ0v) is 24.4. The van der Waals surface area contributed by atoms with E-state index >= 15 is 0 Å². The van der Waals surface area contributed by atoms with Gasteiger partial charge in [-0.15, -0.1) is 0 Å². The molecule has 228 valence electrons. The Morgan fingerprint density at radius 3 is 2.41 bits per heavy atom. The predicted octanol–water partition coefficient (Wildman–Crippen LogP) is 3.81. The lowest BCUT2D eigenvalue weighted by atomic mass is 10.1. The SMILES string of the molecule is COc1ccc2[nH]cc(CCNC(=O)CN(Cc3ccc(/C=C/C(=O)NO)cc3)C(=O)/C=C/c3ccc(O)c(OC)c3)c2c1. The van der Waals surface area contributed by atoms with Gasteiger partial charge >= 0.3 is 0 Å². The van der Waals surface area contributed by atoms with Gasteiger partial charge in [0.1, 0.15) is 12.3 Å². The summed E-state index contributed by atoms with van der Waals surface area (Å²) in [7, 11) is 3.05. The van der Waals surface area contributed by atoms with E-state index in [1.807, 2.05) is 24.4 Å². The molecule has 3 aromatic carbocycles. The smallest absolute Gasteiger partial charge is 0.267 e. The predicted molar refractivity (Wildman–Crippen MR) is 166 cm³/mol. The molecule has 0 spiro atoms. The van der Waals surface area contributed by atoms with Crippen LogP contribution in [0.3, 0.4) is 0 Å². The number of aromatic hydroxyl groups is 1. The number of nitrogens with zero attached hydrogens (tertiary/aromatic N) is 1. The maximum Gasteiger partial charge on any atom is 0.267 e. The summed E-state index contributed by atoms with van der Waals surface area (Å²) in [6.45, 7) is 0.345.